The van der Waals surface area contributed by atoms with Gasteiger partial charge in [-0.2, -0.15) is 0 Å². The molecule has 0 unspecified atom stereocenters. The molecule has 0 radical (unpaired) electrons. The second kappa shape index (κ2) is 4.52. The molecule has 0 spiro atoms. The first kappa shape index (κ1) is 11.1. The van der Waals surface area contributed by atoms with Crippen LogP contribution in [0.3, 0.4) is 0 Å². The summed E-state index contributed by atoms with van der Waals surface area (Å²) in [5.41, 5.74) is 1.04. The normalized spacial score (nSPS) is 12.0. The second-order valence-corrected chi connectivity index (χ2v) is 4.02. The molecular formula is C9H18N4O. The van der Waals surface area contributed by atoms with Gasteiger partial charge >= 0.3 is 0 Å². The van der Waals surface area contributed by atoms with Crippen LogP contribution in [-0.4, -0.2) is 34.2 Å². The predicted molar refractivity (Wildman–Crippen MR) is 53.8 cm³/mol. The predicted octanol–water partition coefficient (Wildman–Crippen LogP) is 0.330. The molecule has 1 heterocycles. The van der Waals surface area contributed by atoms with E-state index in [-0.39, 0.29) is 5.54 Å². The van der Waals surface area contributed by atoms with Gasteiger partial charge in [0.05, 0.1) is 18.5 Å². The Labute approximate surface area is 84.4 Å². The Morgan fingerprint density at radius 2 is 2.29 bits per heavy atom. The highest BCUT2D eigenvalue weighted by Gasteiger charge is 2.16. The largest absolute Gasteiger partial charge is 0.383 e. The van der Waals surface area contributed by atoms with Crippen LogP contribution in [0.2, 0.25) is 0 Å². The van der Waals surface area contributed by atoms with Crippen molar-refractivity contribution in [3.63, 3.8) is 0 Å². The fourth-order valence-corrected chi connectivity index (χ4v) is 1.21. The van der Waals surface area contributed by atoms with Gasteiger partial charge in [0.25, 0.3) is 0 Å². The Bertz CT molecular complexity index is 282. The molecule has 0 aliphatic heterocycles. The van der Waals surface area contributed by atoms with Crippen LogP contribution in [0.5, 0.6) is 0 Å². The van der Waals surface area contributed by atoms with Gasteiger partial charge in [-0.05, 0) is 13.8 Å². The molecular weight excluding hydrogens is 180 g/mol. The van der Waals surface area contributed by atoms with E-state index >= 15 is 0 Å². The van der Waals surface area contributed by atoms with Crippen molar-refractivity contribution >= 4 is 0 Å². The van der Waals surface area contributed by atoms with E-state index in [2.05, 4.69) is 29.5 Å². The first-order valence-corrected chi connectivity index (χ1v) is 4.63. The summed E-state index contributed by atoms with van der Waals surface area (Å²) in [7, 11) is 3.59. The minimum atomic E-state index is -0.0288. The molecule has 1 N–H and O–H groups in total. The van der Waals surface area contributed by atoms with Crippen LogP contribution in [0.25, 0.3) is 0 Å². The molecule has 0 saturated heterocycles. The van der Waals surface area contributed by atoms with E-state index in [4.69, 9.17) is 4.74 Å². The highest BCUT2D eigenvalue weighted by atomic mass is 16.5. The molecule has 1 aromatic heterocycles. The maximum atomic E-state index is 5.11. The Morgan fingerprint density at radius 1 is 1.57 bits per heavy atom. The summed E-state index contributed by atoms with van der Waals surface area (Å²) in [4.78, 5) is 0. The van der Waals surface area contributed by atoms with E-state index in [1.54, 1.807) is 18.0 Å². The van der Waals surface area contributed by atoms with E-state index in [0.717, 1.165) is 12.2 Å². The Balaban J connectivity index is 2.44. The Hall–Kier alpha value is -0.940. The van der Waals surface area contributed by atoms with Crippen LogP contribution in [0.15, 0.2) is 6.20 Å². The smallest absolute Gasteiger partial charge is 0.0738 e. The first-order chi connectivity index (χ1) is 6.55. The van der Waals surface area contributed by atoms with E-state index in [0.29, 0.717) is 6.61 Å². The van der Waals surface area contributed by atoms with Crippen LogP contribution >= 0.6 is 0 Å². The average molecular weight is 198 g/mol. The molecule has 5 heteroatoms. The van der Waals surface area contributed by atoms with Gasteiger partial charge in [-0.1, -0.05) is 5.21 Å². The molecule has 0 fully saturated rings. The SMILES string of the molecule is COCC(C)(C)NCc1cnnn1C. The van der Waals surface area contributed by atoms with E-state index in [9.17, 15) is 0 Å². The van der Waals surface area contributed by atoms with Crippen molar-refractivity contribution in [3.8, 4) is 0 Å². The van der Waals surface area contributed by atoms with Gasteiger partial charge in [-0.15, -0.1) is 5.10 Å². The van der Waals surface area contributed by atoms with Gasteiger partial charge < -0.3 is 10.1 Å². The van der Waals surface area contributed by atoms with Crippen LogP contribution in [-0.2, 0) is 18.3 Å². The van der Waals surface area contributed by atoms with E-state index in [1.165, 1.54) is 0 Å². The van der Waals surface area contributed by atoms with Crippen LogP contribution in [0.4, 0.5) is 0 Å². The van der Waals surface area contributed by atoms with Crippen molar-refractivity contribution < 1.29 is 4.74 Å². The summed E-state index contributed by atoms with van der Waals surface area (Å²) in [5, 5.41) is 11.0. The number of ether oxygens (including phenoxy) is 1. The molecule has 0 aliphatic rings. The lowest BCUT2D eigenvalue weighted by Crippen LogP contribution is -2.43. The molecule has 0 bridgehead atoms. The molecule has 80 valence electrons. The second-order valence-electron chi connectivity index (χ2n) is 4.02. The lowest BCUT2D eigenvalue weighted by atomic mass is 10.1. The van der Waals surface area contributed by atoms with Crippen molar-refractivity contribution in [2.24, 2.45) is 7.05 Å². The summed E-state index contributed by atoms with van der Waals surface area (Å²) < 4.78 is 6.87. The molecule has 14 heavy (non-hydrogen) atoms. The summed E-state index contributed by atoms with van der Waals surface area (Å²) in [5.74, 6) is 0. The number of aromatic nitrogens is 3. The van der Waals surface area contributed by atoms with Gasteiger partial charge in [0, 0.05) is 26.2 Å². The number of nitrogens with one attached hydrogen (secondary N) is 1. The molecule has 0 atom stereocenters. The van der Waals surface area contributed by atoms with Gasteiger partial charge in [0.1, 0.15) is 0 Å². The quantitative estimate of drug-likeness (QED) is 0.740. The molecule has 1 aromatic rings. The topological polar surface area (TPSA) is 52.0 Å². The lowest BCUT2D eigenvalue weighted by molar-refractivity contribution is 0.127. The van der Waals surface area contributed by atoms with Crippen molar-refractivity contribution in [2.45, 2.75) is 25.9 Å². The van der Waals surface area contributed by atoms with Gasteiger partial charge in [0.2, 0.25) is 0 Å². The fraction of sp³-hybridized carbons (Fsp3) is 0.778. The summed E-state index contributed by atoms with van der Waals surface area (Å²) in [6, 6.07) is 0. The lowest BCUT2D eigenvalue weighted by Gasteiger charge is -2.25. The highest BCUT2D eigenvalue weighted by Crippen LogP contribution is 2.04. The van der Waals surface area contributed by atoms with E-state index < -0.39 is 0 Å². The number of hydrogen-bond acceptors (Lipinski definition) is 4. The number of methoxy groups -OCH3 is 1. The van der Waals surface area contributed by atoms with E-state index in [1.807, 2.05) is 7.05 Å². The number of hydrogen-bond donors (Lipinski definition) is 1. The number of nitrogens with zero attached hydrogens (tertiary/aromatic N) is 3. The average Bonchev–Trinajstić information content (AvgIpc) is 2.48. The van der Waals surface area contributed by atoms with Crippen molar-refractivity contribution in [2.75, 3.05) is 13.7 Å². The van der Waals surface area contributed by atoms with Crippen LogP contribution in [0.1, 0.15) is 19.5 Å². The molecule has 0 saturated carbocycles. The van der Waals surface area contributed by atoms with Gasteiger partial charge in [0.15, 0.2) is 0 Å². The summed E-state index contributed by atoms with van der Waals surface area (Å²) in [6.45, 7) is 5.62. The minimum Gasteiger partial charge on any atom is -0.383 e. The summed E-state index contributed by atoms with van der Waals surface area (Å²) >= 11 is 0. The highest BCUT2D eigenvalue weighted by molar-refractivity contribution is 4.94. The third-order valence-corrected chi connectivity index (χ3v) is 2.06. The fourth-order valence-electron chi connectivity index (χ4n) is 1.21. The first-order valence-electron chi connectivity index (χ1n) is 4.63. The maximum absolute atomic E-state index is 5.11. The molecule has 0 aromatic carbocycles. The summed E-state index contributed by atoms with van der Waals surface area (Å²) in [6.07, 6.45) is 1.76. The molecule has 5 nitrogen and oxygen atoms in total. The van der Waals surface area contributed by atoms with Gasteiger partial charge in [-0.25, -0.2) is 0 Å². The zero-order valence-corrected chi connectivity index (χ0v) is 9.24. The van der Waals surface area contributed by atoms with Gasteiger partial charge in [-0.3, -0.25) is 4.68 Å². The minimum absolute atomic E-state index is 0.0288. The number of rotatable bonds is 5. The standard InChI is InChI=1S/C9H18N4O/c1-9(2,7-14-4)10-5-8-6-11-12-13(8)3/h6,10H,5,7H2,1-4H3. The molecule has 1 rings (SSSR count). The van der Waals surface area contributed by atoms with Crippen molar-refractivity contribution in [3.05, 3.63) is 11.9 Å². The Morgan fingerprint density at radius 3 is 2.79 bits per heavy atom. The zero-order chi connectivity index (χ0) is 10.6. The Kier molecular flexibility index (Phi) is 3.60. The maximum Gasteiger partial charge on any atom is 0.0738 e. The molecule has 0 aliphatic carbocycles. The van der Waals surface area contributed by atoms with Crippen LogP contribution in [0, 0.1) is 0 Å². The zero-order valence-electron chi connectivity index (χ0n) is 9.24. The third kappa shape index (κ3) is 3.08. The monoisotopic (exact) mass is 198 g/mol. The molecule has 0 amide bonds. The number of aryl methyl sites for hydroxylation is 1. The third-order valence-electron chi connectivity index (χ3n) is 2.06. The van der Waals surface area contributed by atoms with Crippen LogP contribution < -0.4 is 5.32 Å². The van der Waals surface area contributed by atoms with Crippen molar-refractivity contribution in [1.82, 2.24) is 20.3 Å². The van der Waals surface area contributed by atoms with Crippen molar-refractivity contribution in [1.29, 1.82) is 0 Å².